The van der Waals surface area contributed by atoms with Gasteiger partial charge in [0.1, 0.15) is 5.75 Å². The van der Waals surface area contributed by atoms with Crippen LogP contribution in [0.25, 0.3) is 22.3 Å². The first-order valence-electron chi connectivity index (χ1n) is 11.6. The molecule has 2 amide bonds. The zero-order chi connectivity index (χ0) is 24.0. The van der Waals surface area contributed by atoms with Crippen LogP contribution in [0.5, 0.6) is 5.75 Å². The molecule has 34 heavy (non-hydrogen) atoms. The molecular formula is C28H29N3O3. The Labute approximate surface area is 199 Å². The molecule has 3 aromatic carbocycles. The van der Waals surface area contributed by atoms with Gasteiger partial charge in [-0.15, -0.1) is 0 Å². The van der Waals surface area contributed by atoms with Gasteiger partial charge in [0.2, 0.25) is 5.91 Å². The van der Waals surface area contributed by atoms with E-state index in [4.69, 9.17) is 10.5 Å². The molecule has 6 nitrogen and oxygen atoms in total. The van der Waals surface area contributed by atoms with Crippen molar-refractivity contribution in [3.05, 3.63) is 76.9 Å². The lowest BCUT2D eigenvalue weighted by Crippen LogP contribution is -2.34. The van der Waals surface area contributed by atoms with Gasteiger partial charge < -0.3 is 20.3 Å². The van der Waals surface area contributed by atoms with Crippen molar-refractivity contribution < 1.29 is 14.3 Å². The number of fused-ring (bicyclic) bond motifs is 3. The van der Waals surface area contributed by atoms with Gasteiger partial charge in [-0.1, -0.05) is 18.2 Å². The van der Waals surface area contributed by atoms with Crippen molar-refractivity contribution in [1.29, 1.82) is 0 Å². The van der Waals surface area contributed by atoms with Crippen molar-refractivity contribution >= 4 is 11.8 Å². The molecular weight excluding hydrogens is 426 g/mol. The fourth-order valence-corrected chi connectivity index (χ4v) is 5.15. The molecule has 0 radical (unpaired) electrons. The van der Waals surface area contributed by atoms with E-state index in [0.717, 1.165) is 58.6 Å². The minimum absolute atomic E-state index is 0.0651. The Morgan fingerprint density at radius 2 is 1.85 bits per heavy atom. The van der Waals surface area contributed by atoms with Crippen molar-refractivity contribution in [3.8, 4) is 28.0 Å². The summed E-state index contributed by atoms with van der Waals surface area (Å²) in [6.07, 6.45) is 1.58. The van der Waals surface area contributed by atoms with Crippen LogP contribution < -0.4 is 10.5 Å². The molecule has 174 valence electrons. The predicted molar refractivity (Wildman–Crippen MR) is 133 cm³/mol. The van der Waals surface area contributed by atoms with Gasteiger partial charge in [-0.2, -0.15) is 0 Å². The molecule has 0 saturated carbocycles. The molecule has 5 rings (SSSR count). The van der Waals surface area contributed by atoms with Gasteiger partial charge >= 0.3 is 0 Å². The summed E-state index contributed by atoms with van der Waals surface area (Å²) in [5, 5.41) is 0. The zero-order valence-electron chi connectivity index (χ0n) is 19.8. The van der Waals surface area contributed by atoms with E-state index in [1.165, 1.54) is 0 Å². The Balaban J connectivity index is 1.51. The van der Waals surface area contributed by atoms with Gasteiger partial charge in [0.15, 0.2) is 0 Å². The summed E-state index contributed by atoms with van der Waals surface area (Å²) in [4.78, 5) is 29.7. The van der Waals surface area contributed by atoms with Gasteiger partial charge in [0.25, 0.3) is 5.91 Å². The molecule has 0 spiro atoms. The van der Waals surface area contributed by atoms with Gasteiger partial charge in [0.05, 0.1) is 7.11 Å². The fourth-order valence-electron chi connectivity index (χ4n) is 5.15. The number of nitrogens with two attached hydrogens (primary N) is 1. The molecule has 2 N–H and O–H groups in total. The molecule has 1 atom stereocenters. The van der Waals surface area contributed by atoms with Crippen molar-refractivity contribution in [2.24, 2.45) is 5.73 Å². The van der Waals surface area contributed by atoms with Crippen LogP contribution >= 0.6 is 0 Å². The molecule has 0 bridgehead atoms. The average molecular weight is 456 g/mol. The summed E-state index contributed by atoms with van der Waals surface area (Å²) < 4.78 is 5.37. The number of hydrogen-bond donors (Lipinski definition) is 1. The summed E-state index contributed by atoms with van der Waals surface area (Å²) in [6.45, 7) is 1.52. The number of hydrogen-bond acceptors (Lipinski definition) is 4. The first-order chi connectivity index (χ1) is 16.4. The van der Waals surface area contributed by atoms with E-state index >= 15 is 0 Å². The average Bonchev–Trinajstić information content (AvgIpc) is 3.48. The van der Waals surface area contributed by atoms with Gasteiger partial charge in [-0.25, -0.2) is 0 Å². The number of benzene rings is 3. The van der Waals surface area contributed by atoms with E-state index in [0.29, 0.717) is 23.6 Å². The standard InChI is InChI=1S/C28H29N3O3/c1-30(2)21-9-10-31(16-21)28(33)18-7-8-23-20(11-18)15-25-24(23)13-19(14-26(25)27(29)32)17-5-4-6-22(12-17)34-3/h4-8,11-14,21H,9-10,15-16H2,1-3H3,(H2,29,32)/t21-/m0/s1. The summed E-state index contributed by atoms with van der Waals surface area (Å²) in [5.74, 6) is 0.368. The minimum Gasteiger partial charge on any atom is -0.497 e. The molecule has 0 unspecified atom stereocenters. The molecule has 1 heterocycles. The van der Waals surface area contributed by atoms with Crippen LogP contribution in [-0.2, 0) is 6.42 Å². The summed E-state index contributed by atoms with van der Waals surface area (Å²) in [7, 11) is 5.75. The minimum atomic E-state index is -0.447. The molecule has 1 aliphatic heterocycles. The topological polar surface area (TPSA) is 75.9 Å². The molecule has 3 aromatic rings. The first-order valence-corrected chi connectivity index (χ1v) is 11.6. The molecule has 1 aliphatic carbocycles. The molecule has 6 heteroatoms. The molecule has 2 aliphatic rings. The summed E-state index contributed by atoms with van der Waals surface area (Å²) in [6, 6.07) is 18.0. The smallest absolute Gasteiger partial charge is 0.253 e. The Kier molecular flexibility index (Phi) is 5.62. The van der Waals surface area contributed by atoms with Gasteiger partial charge in [-0.3, -0.25) is 9.59 Å². The highest BCUT2D eigenvalue weighted by atomic mass is 16.5. The second-order valence-corrected chi connectivity index (χ2v) is 9.35. The van der Waals surface area contributed by atoms with Gasteiger partial charge in [0, 0.05) is 30.3 Å². The van der Waals surface area contributed by atoms with Crippen molar-refractivity contribution in [2.75, 3.05) is 34.3 Å². The lowest BCUT2D eigenvalue weighted by molar-refractivity contribution is 0.0782. The zero-order valence-corrected chi connectivity index (χ0v) is 19.8. The predicted octanol–water partition coefficient (Wildman–Crippen LogP) is 3.81. The number of primary amides is 1. The number of carbonyl (C=O) groups is 2. The second kappa shape index (κ2) is 8.61. The summed E-state index contributed by atoms with van der Waals surface area (Å²) >= 11 is 0. The van der Waals surface area contributed by atoms with Crippen molar-refractivity contribution in [2.45, 2.75) is 18.9 Å². The number of amides is 2. The molecule has 1 saturated heterocycles. The number of likely N-dealkylation sites (N-methyl/N-ethyl adjacent to an activating group) is 1. The van der Waals surface area contributed by atoms with Crippen LogP contribution in [0.3, 0.4) is 0 Å². The highest BCUT2D eigenvalue weighted by molar-refractivity contribution is 6.01. The van der Waals surface area contributed by atoms with Crippen LogP contribution in [0.1, 0.15) is 38.3 Å². The Morgan fingerprint density at radius 1 is 1.03 bits per heavy atom. The normalized spacial score (nSPS) is 16.5. The van der Waals surface area contributed by atoms with Crippen molar-refractivity contribution in [3.63, 3.8) is 0 Å². The number of ether oxygens (including phenoxy) is 1. The van der Waals surface area contributed by atoms with E-state index in [-0.39, 0.29) is 5.91 Å². The van der Waals surface area contributed by atoms with E-state index in [1.54, 1.807) is 7.11 Å². The Bertz CT molecular complexity index is 1300. The number of rotatable bonds is 5. The Hall–Kier alpha value is -3.64. The lowest BCUT2D eigenvalue weighted by Gasteiger charge is -2.20. The third kappa shape index (κ3) is 3.84. The van der Waals surface area contributed by atoms with Crippen LogP contribution in [0.2, 0.25) is 0 Å². The maximum Gasteiger partial charge on any atom is 0.253 e. The third-order valence-corrected chi connectivity index (χ3v) is 7.11. The highest BCUT2D eigenvalue weighted by Crippen LogP contribution is 2.42. The van der Waals surface area contributed by atoms with Crippen LogP contribution in [0, 0.1) is 0 Å². The number of carbonyl (C=O) groups excluding carboxylic acids is 2. The fraction of sp³-hybridized carbons (Fsp3) is 0.286. The molecule has 0 aromatic heterocycles. The van der Waals surface area contributed by atoms with Crippen LogP contribution in [-0.4, -0.2) is 62.0 Å². The van der Waals surface area contributed by atoms with Crippen LogP contribution in [0.4, 0.5) is 0 Å². The van der Waals surface area contributed by atoms with E-state index in [9.17, 15) is 9.59 Å². The molecule has 1 fully saturated rings. The quantitative estimate of drug-likeness (QED) is 0.497. The Morgan fingerprint density at radius 3 is 2.56 bits per heavy atom. The van der Waals surface area contributed by atoms with E-state index in [1.807, 2.05) is 53.4 Å². The largest absolute Gasteiger partial charge is 0.497 e. The SMILES string of the molecule is COc1cccc(-c2cc(C(N)=O)c3c(c2)-c2ccc(C(=O)N4CC[C@H](N(C)C)C4)cc2C3)c1. The number of likely N-dealkylation sites (tertiary alicyclic amines) is 1. The maximum absolute atomic E-state index is 13.2. The van der Waals surface area contributed by atoms with Gasteiger partial charge in [-0.05, 0) is 96.7 Å². The lowest BCUT2D eigenvalue weighted by atomic mass is 9.94. The monoisotopic (exact) mass is 455 g/mol. The van der Waals surface area contributed by atoms with E-state index < -0.39 is 5.91 Å². The highest BCUT2D eigenvalue weighted by Gasteiger charge is 2.30. The number of nitrogens with zero attached hydrogens (tertiary/aromatic N) is 2. The number of methoxy groups -OCH3 is 1. The van der Waals surface area contributed by atoms with Crippen molar-refractivity contribution in [1.82, 2.24) is 9.80 Å². The van der Waals surface area contributed by atoms with E-state index in [2.05, 4.69) is 25.1 Å². The third-order valence-electron chi connectivity index (χ3n) is 7.11. The summed E-state index contributed by atoms with van der Waals surface area (Å²) in [5.41, 5.74) is 12.9. The maximum atomic E-state index is 13.2. The first kappa shape index (κ1) is 22.2. The second-order valence-electron chi connectivity index (χ2n) is 9.35. The van der Waals surface area contributed by atoms with Crippen LogP contribution in [0.15, 0.2) is 54.6 Å².